The van der Waals surface area contributed by atoms with E-state index in [0.717, 1.165) is 64.9 Å². The zero-order valence-corrected chi connectivity index (χ0v) is 67.5. The molecule has 1 aliphatic carbocycles. The number of aliphatic hydroxyl groups excluding tert-OH is 4. The van der Waals surface area contributed by atoms with Gasteiger partial charge in [0.05, 0.1) is 54.8 Å². The number of ether oxygens (including phenoxy) is 7. The summed E-state index contributed by atoms with van der Waals surface area (Å²) < 4.78 is 34.7. The van der Waals surface area contributed by atoms with Gasteiger partial charge in [-0.2, -0.15) is 0 Å². The first-order valence-electron chi connectivity index (χ1n) is 38.4. The highest BCUT2D eigenvalue weighted by molar-refractivity contribution is 6.18. The van der Waals surface area contributed by atoms with E-state index in [9.17, 15) is 102 Å². The molecule has 43 nitrogen and oxygen atoms in total. The minimum atomic E-state index is -2.95. The second kappa shape index (κ2) is 55.3. The molecule has 0 aromatic carbocycles. The SMILES string of the molecule is C/C=C1/NC(=O)[C@H]([C@H](C)O)NC(=O)[C@H](CCNC(=O)OCOC(=O)C(C)C)NC(=O)[C@H](CCCCNC(=O)OCOC(=O)C(C)C)NC(=O)[C@H](CC(=O)NC2CC2)NC(=O)[C@@H](CCNC(=O)OCOC(=O)C(C)C)NC(=O)[C@@H](NC(=O)C[C@@H](O)CCCCCCCCCCC)COC(=O)[C@H]([C@H](O)CCl)NC(=O)[C@H](C(O)C(=O)O)NC1=O. The van der Waals surface area contributed by atoms with Crippen molar-refractivity contribution in [3.63, 3.8) is 0 Å². The molecule has 2 fully saturated rings. The van der Waals surface area contributed by atoms with E-state index in [0.29, 0.717) is 25.7 Å². The average Bonchev–Trinajstić information content (AvgIpc) is 1.34. The van der Waals surface area contributed by atoms with E-state index in [-0.39, 0.29) is 25.8 Å². The van der Waals surface area contributed by atoms with Crippen LogP contribution in [0.15, 0.2) is 11.8 Å². The molecule has 1 aliphatic heterocycles. The maximum Gasteiger partial charge on any atom is 0.410 e. The summed E-state index contributed by atoms with van der Waals surface area (Å²) in [5.41, 5.74) is -0.899. The normalized spacial score (nSPS) is 21.2. The topological polar surface area (TPSA) is 629 Å². The molecule has 0 aromatic heterocycles. The van der Waals surface area contributed by atoms with Crippen molar-refractivity contribution < 1.29 is 145 Å². The maximum absolute atomic E-state index is 15.0. The maximum atomic E-state index is 15.0. The summed E-state index contributed by atoms with van der Waals surface area (Å²) in [4.78, 5) is 246. The number of alkyl carbamates (subject to hydrolysis) is 3. The van der Waals surface area contributed by atoms with Crippen molar-refractivity contribution in [1.82, 2.24) is 69.1 Å². The van der Waals surface area contributed by atoms with Gasteiger partial charge < -0.3 is 128 Å². The van der Waals surface area contributed by atoms with Gasteiger partial charge >= 0.3 is 48.1 Å². The number of aliphatic carboxylic acids is 1. The van der Waals surface area contributed by atoms with E-state index >= 15 is 9.59 Å². The van der Waals surface area contributed by atoms with Crippen LogP contribution in [0.5, 0.6) is 0 Å². The molecule has 1 saturated heterocycles. The Bertz CT molecular complexity index is 3320. The van der Waals surface area contributed by atoms with Crippen LogP contribution < -0.4 is 69.1 Å². The van der Waals surface area contributed by atoms with Gasteiger partial charge in [0.2, 0.25) is 73.5 Å². The number of carbonyl (C=O) groups is 18. The highest BCUT2D eigenvalue weighted by Gasteiger charge is 2.42. The number of cyclic esters (lactones) is 1. The molecule has 1 heterocycles. The Hall–Kier alpha value is -10.3. The number of carbonyl (C=O) groups excluding carboxylic acids is 17. The highest BCUT2D eigenvalue weighted by Crippen LogP contribution is 2.20. The molecule has 44 heteroatoms. The van der Waals surface area contributed by atoms with Gasteiger partial charge in [-0.1, -0.05) is 112 Å². The number of hydrogen-bond acceptors (Lipinski definition) is 29. The molecule has 0 radical (unpaired) electrons. The molecule has 13 amide bonds. The zero-order chi connectivity index (χ0) is 87.1. The third-order valence-electron chi connectivity index (χ3n) is 17.2. The van der Waals surface area contributed by atoms with E-state index in [1.165, 1.54) is 41.5 Å². The van der Waals surface area contributed by atoms with Gasteiger partial charge in [-0.25, -0.2) is 24.0 Å². The molecule has 0 aromatic rings. The number of amides is 13. The second-order valence-electron chi connectivity index (χ2n) is 28.2. The summed E-state index contributed by atoms with van der Waals surface area (Å²) in [6, 6.07) is -17.9. The Kier molecular flexibility index (Phi) is 48.5. The Labute approximate surface area is 675 Å². The molecule has 12 atom stereocenters. The van der Waals surface area contributed by atoms with Crippen LogP contribution in [0.25, 0.3) is 0 Å². The molecule has 1 unspecified atom stereocenters. The molecule has 0 spiro atoms. The van der Waals surface area contributed by atoms with Crippen molar-refractivity contribution >= 4 is 119 Å². The van der Waals surface area contributed by atoms with Crippen molar-refractivity contribution in [2.24, 2.45) is 17.8 Å². The standard InChI is InChI=1S/C72H116ClN13O30/c1-10-12-13-14-15-16-17-18-19-22-43(88)31-51(90)78-49-34-110-69(106)54(50(89)33-73)85-64(100)55(56(92)65(101)102)86-57(93)44(11-2)79-63(99)53(41(9)87)84-60(96)47(27-30-76-72(109)116-37-113-68(105)40(7)8)81-58(94)45(23-20-21-28-74-70(107)114-35-111-66(103)38(3)4)80-61(97)48(32-52(91)77-42-24-25-42)83-59(95)46(82-62(49)98)26-29-75-71(108)115-36-112-67(104)39(5)6/h11,38-43,45-50,53-56,87-89,92H,10,12-37H2,1-9H3,(H,74,107)(H,75,108)(H,76,109)(H,77,91)(H,78,90)(H,79,99)(H,80,97)(H,81,94)(H,82,98)(H,83,95)(H,84,96)(H,85,100)(H,86,93)(H,101,102)/b44-11+/t41-,43-,45-,46+,47-,48-,49-,50+,53-,54-,55-,56?/m0/s1. The van der Waals surface area contributed by atoms with Gasteiger partial charge in [-0.05, 0) is 65.2 Å². The number of carboxylic acid groups (broad SMARTS) is 1. The Balaban J connectivity index is 3.07. The van der Waals surface area contributed by atoms with Crippen molar-refractivity contribution in [3.05, 3.63) is 11.8 Å². The molecule has 0 bridgehead atoms. The number of unbranched alkanes of at least 4 members (excludes halogenated alkanes) is 9. The quantitative estimate of drug-likeness (QED) is 0.00772. The van der Waals surface area contributed by atoms with Gasteiger partial charge in [-0.3, -0.25) is 62.3 Å². The fourth-order valence-electron chi connectivity index (χ4n) is 10.3. The number of rotatable bonds is 41. The summed E-state index contributed by atoms with van der Waals surface area (Å²) >= 11 is 5.96. The van der Waals surface area contributed by atoms with Gasteiger partial charge in [0.25, 0.3) is 5.91 Å². The second-order valence-corrected chi connectivity index (χ2v) is 28.5. The lowest BCUT2D eigenvalue weighted by Crippen LogP contribution is -2.62. The van der Waals surface area contributed by atoms with Crippen LogP contribution >= 0.6 is 11.6 Å². The van der Waals surface area contributed by atoms with Crippen molar-refractivity contribution in [2.45, 2.75) is 263 Å². The third kappa shape index (κ3) is 41.3. The predicted octanol–water partition coefficient (Wildman–Crippen LogP) is -2.19. The molecular weight excluding hydrogens is 1560 g/mol. The molecule has 18 N–H and O–H groups in total. The lowest BCUT2D eigenvalue weighted by molar-refractivity contribution is -0.156. The minimum absolute atomic E-state index is 0.0547. The molecule has 1 saturated carbocycles. The van der Waals surface area contributed by atoms with Crippen LogP contribution in [-0.4, -0.2) is 264 Å². The van der Waals surface area contributed by atoms with Crippen molar-refractivity contribution in [3.8, 4) is 0 Å². The molecule has 2 rings (SSSR count). The fourth-order valence-corrected chi connectivity index (χ4v) is 10.5. The van der Waals surface area contributed by atoms with Gasteiger partial charge in [-0.15, -0.1) is 11.6 Å². The van der Waals surface area contributed by atoms with Crippen LogP contribution in [0.1, 0.15) is 184 Å². The number of hydrogen-bond donors (Lipinski definition) is 18. The molecule has 2 aliphatic rings. The summed E-state index contributed by atoms with van der Waals surface area (Å²) in [6.45, 7) is 7.76. The first-order chi connectivity index (χ1) is 54.8. The summed E-state index contributed by atoms with van der Waals surface area (Å²) in [6.07, 6.45) is -5.73. The number of esters is 4. The van der Waals surface area contributed by atoms with Gasteiger partial charge in [0.1, 0.15) is 54.6 Å². The Morgan fingerprint density at radius 3 is 1.41 bits per heavy atom. The van der Waals surface area contributed by atoms with Crippen LogP contribution in [0.2, 0.25) is 0 Å². The van der Waals surface area contributed by atoms with Gasteiger partial charge in [0, 0.05) is 25.7 Å². The number of carboxylic acids is 1. The fraction of sp³-hybridized carbons (Fsp3) is 0.722. The average molecular weight is 1680 g/mol. The van der Waals surface area contributed by atoms with E-state index in [1.807, 2.05) is 10.6 Å². The van der Waals surface area contributed by atoms with Crippen molar-refractivity contribution in [1.29, 1.82) is 0 Å². The lowest BCUT2D eigenvalue weighted by Gasteiger charge is -2.29. The van der Waals surface area contributed by atoms with Gasteiger partial charge in [0.15, 0.2) is 12.1 Å². The largest absolute Gasteiger partial charge is 0.479 e. The number of aliphatic hydroxyl groups is 4. The number of allylic oxidation sites excluding steroid dienone is 1. The molecule has 116 heavy (non-hydrogen) atoms. The molecular formula is C72H116ClN13O30. The van der Waals surface area contributed by atoms with Crippen LogP contribution in [0.3, 0.4) is 0 Å². The van der Waals surface area contributed by atoms with Crippen LogP contribution in [-0.2, 0) is 105 Å². The number of alkyl halides is 1. The first kappa shape index (κ1) is 102. The number of nitrogens with one attached hydrogen (secondary N) is 13. The minimum Gasteiger partial charge on any atom is -0.479 e. The summed E-state index contributed by atoms with van der Waals surface area (Å²) in [5.74, 6) is -22.7. The smallest absolute Gasteiger partial charge is 0.410 e. The van der Waals surface area contributed by atoms with E-state index in [4.69, 9.17) is 44.8 Å². The Morgan fingerprint density at radius 1 is 0.500 bits per heavy atom. The van der Waals surface area contributed by atoms with E-state index in [1.54, 1.807) is 0 Å². The lowest BCUT2D eigenvalue weighted by atomic mass is 10.0. The van der Waals surface area contributed by atoms with E-state index < -0.39 is 288 Å². The monoisotopic (exact) mass is 1680 g/mol. The zero-order valence-electron chi connectivity index (χ0n) is 66.7. The Morgan fingerprint density at radius 2 is 0.948 bits per heavy atom. The summed E-state index contributed by atoms with van der Waals surface area (Å²) in [5, 5.41) is 83.5. The third-order valence-corrected chi connectivity index (χ3v) is 17.6. The predicted molar refractivity (Wildman–Crippen MR) is 403 cm³/mol. The highest BCUT2D eigenvalue weighted by atomic mass is 35.5. The molecule has 656 valence electrons. The first-order valence-corrected chi connectivity index (χ1v) is 39.0. The van der Waals surface area contributed by atoms with Crippen molar-refractivity contribution in [2.75, 3.05) is 52.5 Å². The van der Waals surface area contributed by atoms with Crippen LogP contribution in [0.4, 0.5) is 14.4 Å². The van der Waals surface area contributed by atoms with Crippen LogP contribution in [0, 0.1) is 17.8 Å². The summed E-state index contributed by atoms with van der Waals surface area (Å²) in [7, 11) is 0. The number of halogens is 1. The van der Waals surface area contributed by atoms with E-state index in [2.05, 4.69) is 65.4 Å².